The summed E-state index contributed by atoms with van der Waals surface area (Å²) >= 11 is 18.8. The Hall–Kier alpha value is -0.483. The van der Waals surface area contributed by atoms with Gasteiger partial charge >= 0.3 is 0 Å². The molecule has 1 aromatic carbocycles. The zero-order valence-corrected chi connectivity index (χ0v) is 12.5. The van der Waals surface area contributed by atoms with Gasteiger partial charge in [0.05, 0.1) is 16.6 Å². The number of anilines is 1. The Morgan fingerprint density at radius 2 is 2.11 bits per heavy atom. The second-order valence-corrected chi connectivity index (χ2v) is 6.56. The first-order valence-corrected chi connectivity index (χ1v) is 7.05. The molecule has 0 amide bonds. The van der Waals surface area contributed by atoms with Crippen LogP contribution in [0, 0.1) is 0 Å². The van der Waals surface area contributed by atoms with Gasteiger partial charge in [0.2, 0.25) is 0 Å². The fourth-order valence-electron chi connectivity index (χ4n) is 2.19. The van der Waals surface area contributed by atoms with E-state index >= 15 is 0 Å². The molecule has 2 aromatic rings. The maximum Gasteiger partial charge on any atom is 0.199 e. The maximum atomic E-state index is 6.28. The largest absolute Gasteiger partial charge is 0.367 e. The van der Waals surface area contributed by atoms with Crippen molar-refractivity contribution in [2.75, 3.05) is 4.57 Å². The van der Waals surface area contributed by atoms with Crippen LogP contribution in [0.5, 0.6) is 0 Å². The van der Waals surface area contributed by atoms with Crippen molar-refractivity contribution in [3.63, 3.8) is 0 Å². The standard InChI is InChI=1S/C12H8Cl3N2Si/c13-9-6-8-4-3-7-2-1-5-16-10(7)11(8)17(18)12(9,14)15/h1-5,9H,6H2. The van der Waals surface area contributed by atoms with E-state index in [-0.39, 0.29) is 0 Å². The van der Waals surface area contributed by atoms with Crippen LogP contribution >= 0.6 is 34.8 Å². The summed E-state index contributed by atoms with van der Waals surface area (Å²) < 4.78 is 0.416. The van der Waals surface area contributed by atoms with Crippen molar-refractivity contribution in [2.24, 2.45) is 0 Å². The van der Waals surface area contributed by atoms with Gasteiger partial charge in [0, 0.05) is 11.6 Å². The predicted molar refractivity (Wildman–Crippen MR) is 77.8 cm³/mol. The average Bonchev–Trinajstić information content (AvgIpc) is 2.36. The van der Waals surface area contributed by atoms with Gasteiger partial charge < -0.3 is 4.57 Å². The first-order chi connectivity index (χ1) is 8.51. The number of alkyl halides is 3. The van der Waals surface area contributed by atoms with Crippen LogP contribution in [0.4, 0.5) is 5.69 Å². The molecule has 1 aliphatic heterocycles. The summed E-state index contributed by atoms with van der Waals surface area (Å²) in [6, 6.07) is 7.96. The minimum atomic E-state index is -1.20. The van der Waals surface area contributed by atoms with Gasteiger partial charge in [-0.1, -0.05) is 41.4 Å². The Labute approximate surface area is 123 Å². The highest BCUT2D eigenvalue weighted by molar-refractivity contribution is 6.57. The summed E-state index contributed by atoms with van der Waals surface area (Å²) in [5.74, 6) is 0. The van der Waals surface area contributed by atoms with Crippen molar-refractivity contribution in [1.29, 1.82) is 0 Å². The molecule has 1 aromatic heterocycles. The monoisotopic (exact) mass is 313 g/mol. The SMILES string of the molecule is [Si]N1c2c(ccc3cccnc23)CC(Cl)C1(Cl)Cl. The summed E-state index contributed by atoms with van der Waals surface area (Å²) in [6.07, 6.45) is 2.36. The lowest BCUT2D eigenvalue weighted by Crippen LogP contribution is -2.49. The number of halogens is 3. The number of hydrogen-bond donors (Lipinski definition) is 0. The molecule has 2 heterocycles. The Kier molecular flexibility index (Phi) is 2.98. The summed E-state index contributed by atoms with van der Waals surface area (Å²) in [4.78, 5) is 4.40. The van der Waals surface area contributed by atoms with Crippen LogP contribution in [0.1, 0.15) is 5.56 Å². The van der Waals surface area contributed by atoms with E-state index in [9.17, 15) is 0 Å². The van der Waals surface area contributed by atoms with Crippen LogP contribution < -0.4 is 4.57 Å². The summed E-state index contributed by atoms with van der Waals surface area (Å²) in [6.45, 7) is 0. The Bertz CT molecular complexity index is 617. The van der Waals surface area contributed by atoms with Crippen molar-refractivity contribution < 1.29 is 0 Å². The molecule has 0 N–H and O–H groups in total. The van der Waals surface area contributed by atoms with Crippen LogP contribution in [0.15, 0.2) is 30.5 Å². The van der Waals surface area contributed by atoms with Crippen LogP contribution in [0.25, 0.3) is 10.9 Å². The summed E-state index contributed by atoms with van der Waals surface area (Å²) in [5, 5.41) is 0.642. The number of hydrogen-bond acceptors (Lipinski definition) is 2. The average molecular weight is 315 g/mol. The molecule has 0 saturated carbocycles. The lowest BCUT2D eigenvalue weighted by Gasteiger charge is -2.42. The minimum absolute atomic E-state index is 0.396. The molecule has 3 rings (SSSR count). The fourth-order valence-corrected chi connectivity index (χ4v) is 3.27. The third-order valence-corrected chi connectivity index (χ3v) is 5.55. The van der Waals surface area contributed by atoms with E-state index in [2.05, 4.69) is 15.4 Å². The smallest absolute Gasteiger partial charge is 0.199 e. The molecule has 91 valence electrons. The number of pyridine rings is 1. The molecule has 0 aliphatic carbocycles. The summed E-state index contributed by atoms with van der Waals surface area (Å²) in [7, 11) is 3.47. The zero-order chi connectivity index (χ0) is 12.9. The molecule has 1 unspecified atom stereocenters. The van der Waals surface area contributed by atoms with Gasteiger partial charge in [0.1, 0.15) is 0 Å². The molecular weight excluding hydrogens is 307 g/mol. The second kappa shape index (κ2) is 4.27. The molecular formula is C12H8Cl3N2Si. The molecule has 0 saturated heterocycles. The quantitative estimate of drug-likeness (QED) is 0.421. The lowest BCUT2D eigenvalue weighted by atomic mass is 10.00. The van der Waals surface area contributed by atoms with Crippen LogP contribution in [-0.4, -0.2) is 25.2 Å². The third-order valence-electron chi connectivity index (χ3n) is 3.13. The number of rotatable bonds is 0. The fraction of sp³-hybridized carbons (Fsp3) is 0.250. The molecule has 18 heavy (non-hydrogen) atoms. The predicted octanol–water partition coefficient (Wildman–Crippen LogP) is 3.42. The number of benzene rings is 1. The van der Waals surface area contributed by atoms with Gasteiger partial charge in [-0.25, -0.2) is 0 Å². The van der Waals surface area contributed by atoms with Gasteiger partial charge in [0.25, 0.3) is 0 Å². The number of nitrogens with zero attached hydrogens (tertiary/aromatic N) is 2. The summed E-state index contributed by atoms with van der Waals surface area (Å²) in [5.41, 5.74) is 2.82. The van der Waals surface area contributed by atoms with E-state index in [0.29, 0.717) is 6.42 Å². The Balaban J connectivity index is 2.31. The Morgan fingerprint density at radius 1 is 1.33 bits per heavy atom. The molecule has 6 heteroatoms. The van der Waals surface area contributed by atoms with Crippen molar-refractivity contribution >= 4 is 61.8 Å². The van der Waals surface area contributed by atoms with E-state index in [0.717, 1.165) is 22.2 Å². The topological polar surface area (TPSA) is 16.1 Å². The third kappa shape index (κ3) is 1.73. The molecule has 0 bridgehead atoms. The molecule has 1 aliphatic rings. The highest BCUT2D eigenvalue weighted by atomic mass is 35.5. The van der Waals surface area contributed by atoms with Crippen molar-refractivity contribution in [3.8, 4) is 0 Å². The number of aromatic nitrogens is 1. The normalized spacial score (nSPS) is 22.0. The van der Waals surface area contributed by atoms with Crippen LogP contribution in [0.2, 0.25) is 0 Å². The Morgan fingerprint density at radius 3 is 2.89 bits per heavy atom. The minimum Gasteiger partial charge on any atom is -0.367 e. The van der Waals surface area contributed by atoms with E-state index < -0.39 is 9.83 Å². The van der Waals surface area contributed by atoms with Gasteiger partial charge in [-0.2, -0.15) is 0 Å². The molecule has 0 spiro atoms. The highest BCUT2D eigenvalue weighted by Gasteiger charge is 2.43. The highest BCUT2D eigenvalue weighted by Crippen LogP contribution is 2.45. The van der Waals surface area contributed by atoms with Crippen molar-refractivity contribution in [3.05, 3.63) is 36.0 Å². The van der Waals surface area contributed by atoms with Gasteiger partial charge in [-0.05, 0) is 18.1 Å². The van der Waals surface area contributed by atoms with Crippen molar-refractivity contribution in [1.82, 2.24) is 4.98 Å². The van der Waals surface area contributed by atoms with E-state index in [1.54, 1.807) is 10.8 Å². The van der Waals surface area contributed by atoms with Crippen molar-refractivity contribution in [2.45, 2.75) is 16.3 Å². The molecule has 3 radical (unpaired) electrons. The van der Waals surface area contributed by atoms with Gasteiger partial charge in [-0.15, -0.1) is 11.6 Å². The van der Waals surface area contributed by atoms with Gasteiger partial charge in [-0.3, -0.25) is 4.98 Å². The number of fused-ring (bicyclic) bond motifs is 3. The maximum absolute atomic E-state index is 6.28. The lowest BCUT2D eigenvalue weighted by molar-refractivity contribution is 0.698. The van der Waals surface area contributed by atoms with Crippen LogP contribution in [0.3, 0.4) is 0 Å². The molecule has 1 atom stereocenters. The zero-order valence-electron chi connectivity index (χ0n) is 9.20. The second-order valence-electron chi connectivity index (χ2n) is 4.24. The first kappa shape index (κ1) is 12.5. The van der Waals surface area contributed by atoms with Crippen LogP contribution in [-0.2, 0) is 6.42 Å². The molecule has 0 fully saturated rings. The van der Waals surface area contributed by atoms with E-state index in [1.165, 1.54) is 0 Å². The first-order valence-electron chi connectivity index (χ1n) is 5.42. The van der Waals surface area contributed by atoms with Gasteiger partial charge in [0.15, 0.2) is 14.9 Å². The van der Waals surface area contributed by atoms with E-state index in [1.807, 2.05) is 24.3 Å². The van der Waals surface area contributed by atoms with E-state index in [4.69, 9.17) is 34.8 Å². The molecule has 2 nitrogen and oxygen atoms in total.